The van der Waals surface area contributed by atoms with Crippen molar-refractivity contribution in [2.24, 2.45) is 0 Å². The Hall–Kier alpha value is -0.260. The highest BCUT2D eigenvalue weighted by molar-refractivity contribution is 8.01. The Morgan fingerprint density at radius 2 is 2.15 bits per heavy atom. The zero-order chi connectivity index (χ0) is 9.31. The van der Waals surface area contributed by atoms with Gasteiger partial charge in [-0.15, -0.1) is 11.8 Å². The lowest BCUT2D eigenvalue weighted by Gasteiger charge is -2.33. The van der Waals surface area contributed by atoms with E-state index < -0.39 is 5.97 Å². The second kappa shape index (κ2) is 3.48. The summed E-state index contributed by atoms with van der Waals surface area (Å²) in [5.74, 6) is -0.0158. The van der Waals surface area contributed by atoms with Gasteiger partial charge in [-0.05, 0) is 25.9 Å². The van der Waals surface area contributed by atoms with Crippen LogP contribution in [0.25, 0.3) is 0 Å². The van der Waals surface area contributed by atoms with Crippen LogP contribution in [0.1, 0.15) is 12.8 Å². The number of hydrogen-bond acceptors (Lipinski definition) is 4. The lowest BCUT2D eigenvalue weighted by atomic mass is 10.1. The molecule has 74 valence electrons. The summed E-state index contributed by atoms with van der Waals surface area (Å²) in [6, 6.07) is -0.344. The number of carboxylic acids is 1. The van der Waals surface area contributed by atoms with Crippen molar-refractivity contribution in [1.29, 1.82) is 0 Å². The van der Waals surface area contributed by atoms with Gasteiger partial charge in [-0.1, -0.05) is 0 Å². The van der Waals surface area contributed by atoms with Gasteiger partial charge in [0.25, 0.3) is 0 Å². The van der Waals surface area contributed by atoms with Crippen molar-refractivity contribution in [3.63, 3.8) is 0 Å². The fraction of sp³-hybridized carbons (Fsp3) is 0.875. The van der Waals surface area contributed by atoms with Crippen molar-refractivity contribution >= 4 is 17.7 Å². The van der Waals surface area contributed by atoms with E-state index in [2.05, 4.69) is 10.6 Å². The van der Waals surface area contributed by atoms with Gasteiger partial charge in [-0.25, -0.2) is 0 Å². The molecule has 0 unspecified atom stereocenters. The molecule has 0 aromatic heterocycles. The van der Waals surface area contributed by atoms with Crippen LogP contribution >= 0.6 is 11.8 Å². The Balaban J connectivity index is 1.98. The molecule has 0 aliphatic carbocycles. The Morgan fingerprint density at radius 1 is 1.46 bits per heavy atom. The second-order valence-electron chi connectivity index (χ2n) is 3.59. The van der Waals surface area contributed by atoms with E-state index in [-0.39, 0.29) is 10.9 Å². The number of nitrogens with one attached hydrogen (secondary N) is 2. The molecule has 0 aromatic carbocycles. The summed E-state index contributed by atoms with van der Waals surface area (Å²) in [6.07, 6.45) is 2.06. The standard InChI is InChI=1S/C8H14N2O2S/c11-7(12)6-5-13-8(10-6)1-3-9-4-2-8/h6,9-10H,1-5H2,(H,11,12)/t6-/m1/s1. The molecule has 0 radical (unpaired) electrons. The molecule has 2 aliphatic heterocycles. The van der Waals surface area contributed by atoms with Crippen molar-refractivity contribution in [2.75, 3.05) is 18.8 Å². The van der Waals surface area contributed by atoms with E-state index >= 15 is 0 Å². The third kappa shape index (κ3) is 1.82. The first-order valence-electron chi connectivity index (χ1n) is 4.57. The van der Waals surface area contributed by atoms with Gasteiger partial charge in [-0.2, -0.15) is 0 Å². The quantitative estimate of drug-likeness (QED) is 0.552. The van der Waals surface area contributed by atoms with Crippen LogP contribution in [0, 0.1) is 0 Å². The molecule has 5 heteroatoms. The normalized spacial score (nSPS) is 32.2. The van der Waals surface area contributed by atoms with Crippen LogP contribution in [0.3, 0.4) is 0 Å². The molecule has 0 aromatic rings. The van der Waals surface area contributed by atoms with Crippen molar-refractivity contribution in [2.45, 2.75) is 23.8 Å². The third-order valence-electron chi connectivity index (χ3n) is 2.67. The molecule has 1 atom stereocenters. The molecule has 0 bridgehead atoms. The average molecular weight is 202 g/mol. The van der Waals surface area contributed by atoms with Crippen LogP contribution in [-0.4, -0.2) is 40.8 Å². The minimum absolute atomic E-state index is 0.0499. The summed E-state index contributed by atoms with van der Waals surface area (Å²) in [5, 5.41) is 15.3. The molecule has 13 heavy (non-hydrogen) atoms. The first kappa shape index (κ1) is 9.30. The first-order chi connectivity index (χ1) is 6.22. The van der Waals surface area contributed by atoms with Crippen LogP contribution in [0.15, 0.2) is 0 Å². The van der Waals surface area contributed by atoms with E-state index in [1.54, 1.807) is 11.8 Å². The van der Waals surface area contributed by atoms with Crippen molar-refractivity contribution in [1.82, 2.24) is 10.6 Å². The van der Waals surface area contributed by atoms with Gasteiger partial charge in [-0.3, -0.25) is 10.1 Å². The molecule has 2 rings (SSSR count). The van der Waals surface area contributed by atoms with Crippen molar-refractivity contribution < 1.29 is 9.90 Å². The van der Waals surface area contributed by atoms with Crippen LogP contribution in [0.4, 0.5) is 0 Å². The summed E-state index contributed by atoms with van der Waals surface area (Å²) in [6.45, 7) is 1.98. The van der Waals surface area contributed by atoms with Gasteiger partial charge < -0.3 is 10.4 Å². The third-order valence-corrected chi connectivity index (χ3v) is 4.25. The zero-order valence-corrected chi connectivity index (χ0v) is 8.19. The predicted octanol–water partition coefficient (Wildman–Crippen LogP) is -0.144. The van der Waals surface area contributed by atoms with E-state index in [0.717, 1.165) is 25.9 Å². The predicted molar refractivity (Wildman–Crippen MR) is 51.9 cm³/mol. The highest BCUT2D eigenvalue weighted by atomic mass is 32.2. The largest absolute Gasteiger partial charge is 0.480 e. The van der Waals surface area contributed by atoms with Gasteiger partial charge in [0.2, 0.25) is 0 Å². The smallest absolute Gasteiger partial charge is 0.321 e. The molecule has 1 spiro atoms. The van der Waals surface area contributed by atoms with Gasteiger partial charge in [0, 0.05) is 5.75 Å². The molecular weight excluding hydrogens is 188 g/mol. The van der Waals surface area contributed by atoms with Crippen molar-refractivity contribution in [3.05, 3.63) is 0 Å². The van der Waals surface area contributed by atoms with E-state index in [9.17, 15) is 4.79 Å². The number of piperidine rings is 1. The fourth-order valence-corrected chi connectivity index (χ4v) is 3.33. The summed E-state index contributed by atoms with van der Waals surface area (Å²) >= 11 is 1.77. The number of carboxylic acid groups (broad SMARTS) is 1. The van der Waals surface area contributed by atoms with E-state index in [1.807, 2.05) is 0 Å². The lowest BCUT2D eigenvalue weighted by Crippen LogP contribution is -2.50. The molecule has 0 amide bonds. The topological polar surface area (TPSA) is 61.4 Å². The minimum Gasteiger partial charge on any atom is -0.480 e. The van der Waals surface area contributed by atoms with E-state index in [4.69, 9.17) is 5.11 Å². The van der Waals surface area contributed by atoms with Gasteiger partial charge in [0.05, 0.1) is 4.87 Å². The molecule has 3 N–H and O–H groups in total. The maximum absolute atomic E-state index is 10.7. The Kier molecular flexibility index (Phi) is 2.49. The summed E-state index contributed by atoms with van der Waals surface area (Å²) in [7, 11) is 0. The molecule has 4 nitrogen and oxygen atoms in total. The molecule has 2 aliphatic rings. The Labute approximate surface area is 81.5 Å². The fourth-order valence-electron chi connectivity index (χ4n) is 1.90. The van der Waals surface area contributed by atoms with E-state index in [0.29, 0.717) is 5.75 Å². The average Bonchev–Trinajstić information content (AvgIpc) is 2.51. The van der Waals surface area contributed by atoms with Crippen LogP contribution in [-0.2, 0) is 4.79 Å². The number of carbonyl (C=O) groups is 1. The summed E-state index contributed by atoms with van der Waals surface area (Å²) < 4.78 is 0. The van der Waals surface area contributed by atoms with E-state index in [1.165, 1.54) is 0 Å². The SMILES string of the molecule is O=C(O)[C@H]1CSC2(CCNCC2)N1. The number of aliphatic carboxylic acids is 1. The molecular formula is C8H14N2O2S. The molecule has 2 saturated heterocycles. The molecule has 2 heterocycles. The Bertz CT molecular complexity index is 216. The van der Waals surface area contributed by atoms with Gasteiger partial charge in [0.1, 0.15) is 6.04 Å². The van der Waals surface area contributed by atoms with Crippen LogP contribution in [0.5, 0.6) is 0 Å². The summed E-state index contributed by atoms with van der Waals surface area (Å²) in [5.41, 5.74) is 0. The number of rotatable bonds is 1. The minimum atomic E-state index is -0.720. The number of thioether (sulfide) groups is 1. The van der Waals surface area contributed by atoms with Crippen LogP contribution in [0.2, 0.25) is 0 Å². The van der Waals surface area contributed by atoms with Gasteiger partial charge in [0.15, 0.2) is 0 Å². The first-order valence-corrected chi connectivity index (χ1v) is 5.56. The zero-order valence-electron chi connectivity index (χ0n) is 7.38. The number of hydrogen-bond donors (Lipinski definition) is 3. The molecule has 0 saturated carbocycles. The van der Waals surface area contributed by atoms with Crippen molar-refractivity contribution in [3.8, 4) is 0 Å². The lowest BCUT2D eigenvalue weighted by molar-refractivity contribution is -0.138. The highest BCUT2D eigenvalue weighted by Crippen LogP contribution is 2.37. The molecule has 2 fully saturated rings. The van der Waals surface area contributed by atoms with Gasteiger partial charge >= 0.3 is 5.97 Å². The second-order valence-corrected chi connectivity index (χ2v) is 4.99. The highest BCUT2D eigenvalue weighted by Gasteiger charge is 2.42. The monoisotopic (exact) mass is 202 g/mol. The maximum atomic E-state index is 10.7. The summed E-state index contributed by atoms with van der Waals surface area (Å²) in [4.78, 5) is 10.8. The Morgan fingerprint density at radius 3 is 2.69 bits per heavy atom. The van der Waals surface area contributed by atoms with Crippen LogP contribution < -0.4 is 10.6 Å². The maximum Gasteiger partial charge on any atom is 0.321 e.